The Morgan fingerprint density at radius 3 is 2.45 bits per heavy atom. The number of carbonyl (C=O) groups is 1. The van der Waals surface area contributed by atoms with Crippen molar-refractivity contribution in [3.63, 3.8) is 0 Å². The van der Waals surface area contributed by atoms with E-state index in [0.29, 0.717) is 72.3 Å². The number of ether oxygens (including phenoxy) is 1. The van der Waals surface area contributed by atoms with E-state index in [0.717, 1.165) is 11.6 Å². The molecule has 8 heteroatoms. The predicted molar refractivity (Wildman–Crippen MR) is 114 cm³/mol. The van der Waals surface area contributed by atoms with Gasteiger partial charge in [0, 0.05) is 18.1 Å². The first-order valence-corrected chi connectivity index (χ1v) is 10.9. The summed E-state index contributed by atoms with van der Waals surface area (Å²) in [7, 11) is 0. The van der Waals surface area contributed by atoms with Crippen LogP contribution in [0.2, 0.25) is 10.0 Å². The lowest BCUT2D eigenvalue weighted by Gasteiger charge is -2.28. The third kappa shape index (κ3) is 4.57. The van der Waals surface area contributed by atoms with Crippen LogP contribution in [0.5, 0.6) is 0 Å². The summed E-state index contributed by atoms with van der Waals surface area (Å²) in [6, 6.07) is 7.23. The minimum atomic E-state index is -4.37. The molecular formula is C23H22Cl2F3NO2. The molecule has 0 aromatic heterocycles. The summed E-state index contributed by atoms with van der Waals surface area (Å²) in [5.41, 5.74) is 1.67. The highest BCUT2D eigenvalue weighted by Crippen LogP contribution is 2.44. The highest BCUT2D eigenvalue weighted by molar-refractivity contribution is 6.38. The van der Waals surface area contributed by atoms with E-state index in [1.165, 1.54) is 6.07 Å². The van der Waals surface area contributed by atoms with E-state index in [2.05, 4.69) is 0 Å². The largest absolute Gasteiger partial charge is 0.416 e. The second-order valence-electron chi connectivity index (χ2n) is 8.61. The number of nitrogens with zero attached hydrogens (tertiary/aromatic N) is 1. The number of hydrogen-bond acceptors (Lipinski definition) is 2. The number of fused-ring (bicyclic) bond motifs is 1. The number of halogens is 5. The second kappa shape index (κ2) is 8.30. The van der Waals surface area contributed by atoms with Crippen LogP contribution in [-0.4, -0.2) is 37.1 Å². The molecule has 0 N–H and O–H groups in total. The molecule has 0 radical (unpaired) electrons. The van der Waals surface area contributed by atoms with Crippen LogP contribution in [0.25, 0.3) is 0 Å². The zero-order valence-corrected chi connectivity index (χ0v) is 18.5. The second-order valence-corrected chi connectivity index (χ2v) is 9.40. The van der Waals surface area contributed by atoms with Crippen LogP contribution < -0.4 is 0 Å². The lowest BCUT2D eigenvalue weighted by atomic mass is 9.80. The molecule has 2 aromatic rings. The molecule has 1 aliphatic carbocycles. The minimum Gasteiger partial charge on any atom is -0.378 e. The average Bonchev–Trinajstić information content (AvgIpc) is 3.06. The van der Waals surface area contributed by atoms with Gasteiger partial charge in [-0.05, 0) is 65.6 Å². The van der Waals surface area contributed by atoms with Crippen LogP contribution in [0.15, 0.2) is 30.3 Å². The van der Waals surface area contributed by atoms with Gasteiger partial charge in [0.2, 0.25) is 0 Å². The lowest BCUT2D eigenvalue weighted by Crippen LogP contribution is -2.40. The third-order valence-electron chi connectivity index (χ3n) is 6.09. The molecule has 0 bridgehead atoms. The van der Waals surface area contributed by atoms with Gasteiger partial charge in [-0.1, -0.05) is 36.2 Å². The molecule has 0 spiro atoms. The van der Waals surface area contributed by atoms with E-state index in [1.54, 1.807) is 23.1 Å². The fourth-order valence-corrected chi connectivity index (χ4v) is 5.12. The molecule has 2 aromatic carbocycles. The van der Waals surface area contributed by atoms with E-state index in [1.807, 2.05) is 6.92 Å². The van der Waals surface area contributed by atoms with Crippen molar-refractivity contribution in [3.05, 3.63) is 68.2 Å². The summed E-state index contributed by atoms with van der Waals surface area (Å²) >= 11 is 13.1. The fraction of sp³-hybridized carbons (Fsp3) is 0.435. The minimum absolute atomic E-state index is 0.166. The smallest absolute Gasteiger partial charge is 0.378 e. The quantitative estimate of drug-likeness (QED) is 0.563. The zero-order chi connectivity index (χ0) is 22.4. The third-order valence-corrected chi connectivity index (χ3v) is 6.87. The zero-order valence-electron chi connectivity index (χ0n) is 17.0. The summed E-state index contributed by atoms with van der Waals surface area (Å²) in [5, 5.41) is 0.772. The molecule has 1 aliphatic heterocycles. The molecule has 1 atom stereocenters. The van der Waals surface area contributed by atoms with Gasteiger partial charge in [-0.25, -0.2) is 0 Å². The molecule has 0 saturated carbocycles. The van der Waals surface area contributed by atoms with Crippen molar-refractivity contribution in [2.45, 2.75) is 32.4 Å². The van der Waals surface area contributed by atoms with Crippen LogP contribution in [0.1, 0.15) is 39.5 Å². The van der Waals surface area contributed by atoms with Gasteiger partial charge in [0.1, 0.15) is 0 Å². The molecule has 1 amide bonds. The highest BCUT2D eigenvalue weighted by atomic mass is 35.5. The van der Waals surface area contributed by atoms with Gasteiger partial charge in [0.25, 0.3) is 5.91 Å². The predicted octanol–water partition coefficient (Wildman–Crippen LogP) is 5.83. The van der Waals surface area contributed by atoms with Gasteiger partial charge >= 0.3 is 6.18 Å². The first kappa shape index (κ1) is 22.4. The van der Waals surface area contributed by atoms with Gasteiger partial charge in [-0.2, -0.15) is 13.2 Å². The molecule has 2 aliphatic rings. The molecular weight excluding hydrogens is 450 g/mol. The molecule has 166 valence electrons. The van der Waals surface area contributed by atoms with Crippen molar-refractivity contribution < 1.29 is 22.7 Å². The van der Waals surface area contributed by atoms with Gasteiger partial charge in [-0.3, -0.25) is 4.79 Å². The van der Waals surface area contributed by atoms with E-state index >= 15 is 0 Å². The Morgan fingerprint density at radius 2 is 1.77 bits per heavy atom. The Morgan fingerprint density at radius 1 is 1.10 bits per heavy atom. The Bertz CT molecular complexity index is 1020. The van der Waals surface area contributed by atoms with Crippen molar-refractivity contribution in [2.75, 3.05) is 26.3 Å². The molecule has 4 rings (SSSR count). The average molecular weight is 472 g/mol. The van der Waals surface area contributed by atoms with Crippen LogP contribution in [-0.2, 0) is 30.2 Å². The first-order chi connectivity index (χ1) is 14.6. The molecule has 31 heavy (non-hydrogen) atoms. The maximum Gasteiger partial charge on any atom is 0.416 e. The number of alkyl halides is 3. The monoisotopic (exact) mass is 471 g/mol. The highest BCUT2D eigenvalue weighted by Gasteiger charge is 2.37. The van der Waals surface area contributed by atoms with E-state index < -0.39 is 11.7 Å². The maximum atomic E-state index is 13.1. The van der Waals surface area contributed by atoms with E-state index in [-0.39, 0.29) is 11.3 Å². The van der Waals surface area contributed by atoms with E-state index in [4.69, 9.17) is 27.9 Å². The number of benzene rings is 2. The number of amides is 1. The lowest BCUT2D eigenvalue weighted by molar-refractivity contribution is -0.137. The molecule has 3 nitrogen and oxygen atoms in total. The Kier molecular flexibility index (Phi) is 6.01. The number of morpholine rings is 1. The van der Waals surface area contributed by atoms with Crippen LogP contribution in [0.4, 0.5) is 13.2 Å². The van der Waals surface area contributed by atoms with Crippen molar-refractivity contribution in [2.24, 2.45) is 5.41 Å². The SMILES string of the molecule is CC1(Cc2c(Cl)ccc(C(=O)N3CCOCC3)c2Cl)Cc2ccc(C(F)(F)F)cc2C1. The normalized spacial score (nSPS) is 21.3. The number of rotatable bonds is 3. The van der Waals surface area contributed by atoms with Gasteiger partial charge < -0.3 is 9.64 Å². The van der Waals surface area contributed by atoms with Crippen molar-refractivity contribution in [3.8, 4) is 0 Å². The van der Waals surface area contributed by atoms with Crippen LogP contribution in [0, 0.1) is 5.41 Å². The Labute approximate surface area is 189 Å². The summed E-state index contributed by atoms with van der Waals surface area (Å²) < 4.78 is 44.6. The number of hydrogen-bond donors (Lipinski definition) is 0. The van der Waals surface area contributed by atoms with Gasteiger partial charge in [-0.15, -0.1) is 0 Å². The van der Waals surface area contributed by atoms with Gasteiger partial charge in [0.15, 0.2) is 0 Å². The first-order valence-electron chi connectivity index (χ1n) is 10.1. The molecule has 1 saturated heterocycles. The topological polar surface area (TPSA) is 29.5 Å². The summed E-state index contributed by atoms with van der Waals surface area (Å²) in [5.74, 6) is -0.166. The molecule has 1 unspecified atom stereocenters. The summed E-state index contributed by atoms with van der Waals surface area (Å²) in [4.78, 5) is 14.6. The Balaban J connectivity index is 1.59. The number of carbonyl (C=O) groups excluding carboxylic acids is 1. The maximum absolute atomic E-state index is 13.1. The summed E-state index contributed by atoms with van der Waals surface area (Å²) in [6.45, 7) is 3.99. The van der Waals surface area contributed by atoms with E-state index in [9.17, 15) is 18.0 Å². The van der Waals surface area contributed by atoms with Crippen molar-refractivity contribution in [1.82, 2.24) is 4.90 Å². The standard InChI is InChI=1S/C23H22Cl2F3NO2/c1-22(11-14-2-3-16(23(26,27)28)10-15(14)12-22)13-18-19(24)5-4-17(20(18)25)21(30)29-6-8-31-9-7-29/h2-5,10H,6-9,11-13H2,1H3. The fourth-order valence-electron chi connectivity index (χ4n) is 4.53. The van der Waals surface area contributed by atoms with Crippen molar-refractivity contribution >= 4 is 29.1 Å². The summed E-state index contributed by atoms with van der Waals surface area (Å²) in [6.07, 6.45) is -2.80. The molecule has 1 heterocycles. The Hall–Kier alpha value is -1.76. The van der Waals surface area contributed by atoms with Crippen LogP contribution in [0.3, 0.4) is 0 Å². The van der Waals surface area contributed by atoms with Crippen molar-refractivity contribution in [1.29, 1.82) is 0 Å². The van der Waals surface area contributed by atoms with Crippen LogP contribution >= 0.6 is 23.2 Å². The molecule has 1 fully saturated rings. The van der Waals surface area contributed by atoms with Gasteiger partial charge in [0.05, 0.1) is 29.4 Å².